The van der Waals surface area contributed by atoms with Gasteiger partial charge in [0.25, 0.3) is 0 Å². The Morgan fingerprint density at radius 3 is 2.76 bits per heavy atom. The zero-order valence-corrected chi connectivity index (χ0v) is 19.5. The van der Waals surface area contributed by atoms with Crippen LogP contribution in [0, 0.1) is 5.82 Å². The van der Waals surface area contributed by atoms with Gasteiger partial charge < -0.3 is 20.1 Å². The van der Waals surface area contributed by atoms with Gasteiger partial charge in [0.2, 0.25) is 0 Å². The minimum Gasteiger partial charge on any atom is -0.371 e. The predicted molar refractivity (Wildman–Crippen MR) is 126 cm³/mol. The lowest BCUT2D eigenvalue weighted by atomic mass is 10.0. The molecule has 3 rings (SSSR count). The molecular weight excluding hydrogens is 484 g/mol. The van der Waals surface area contributed by atoms with E-state index in [-0.39, 0.29) is 29.8 Å². The van der Waals surface area contributed by atoms with Crippen LogP contribution in [0.1, 0.15) is 32.5 Å². The summed E-state index contributed by atoms with van der Waals surface area (Å²) >= 11 is 0. The van der Waals surface area contributed by atoms with Gasteiger partial charge >= 0.3 is 0 Å². The van der Waals surface area contributed by atoms with Gasteiger partial charge in [-0.1, -0.05) is 13.0 Å². The average molecular weight is 515 g/mol. The van der Waals surface area contributed by atoms with Crippen molar-refractivity contribution in [2.24, 2.45) is 4.99 Å². The van der Waals surface area contributed by atoms with Crippen LogP contribution in [0.3, 0.4) is 0 Å². The summed E-state index contributed by atoms with van der Waals surface area (Å²) in [7, 11) is 0. The Labute approximate surface area is 189 Å². The molecule has 1 saturated heterocycles. The van der Waals surface area contributed by atoms with Crippen LogP contribution in [0.25, 0.3) is 0 Å². The number of halogens is 2. The molecule has 2 aromatic rings. The summed E-state index contributed by atoms with van der Waals surface area (Å²) in [6, 6.07) is 7.20. The van der Waals surface area contributed by atoms with Crippen LogP contribution in [0.5, 0.6) is 0 Å². The third-order valence-electron chi connectivity index (χ3n) is 4.98. The summed E-state index contributed by atoms with van der Waals surface area (Å²) in [6.45, 7) is 8.21. The second-order valence-corrected chi connectivity index (χ2v) is 6.94. The number of nitrogens with one attached hydrogen (secondary N) is 2. The van der Waals surface area contributed by atoms with E-state index in [9.17, 15) is 4.39 Å². The highest BCUT2D eigenvalue weighted by Gasteiger charge is 2.20. The number of aromatic nitrogens is 3. The largest absolute Gasteiger partial charge is 0.371 e. The molecule has 0 atom stereocenters. The second kappa shape index (κ2) is 11.9. The van der Waals surface area contributed by atoms with Crippen LogP contribution in [-0.2, 0) is 13.0 Å². The van der Waals surface area contributed by atoms with Crippen molar-refractivity contribution in [1.82, 2.24) is 25.4 Å². The number of hydrogen-bond donors (Lipinski definition) is 2. The van der Waals surface area contributed by atoms with Crippen molar-refractivity contribution in [2.75, 3.05) is 31.1 Å². The number of anilines is 1. The maximum absolute atomic E-state index is 13.5. The van der Waals surface area contributed by atoms with Crippen LogP contribution in [-0.4, -0.2) is 52.9 Å². The van der Waals surface area contributed by atoms with Gasteiger partial charge in [0, 0.05) is 44.3 Å². The van der Waals surface area contributed by atoms with Gasteiger partial charge in [0.1, 0.15) is 18.0 Å². The first kappa shape index (κ1) is 23.4. The van der Waals surface area contributed by atoms with E-state index in [1.807, 2.05) is 10.6 Å². The van der Waals surface area contributed by atoms with E-state index in [0.29, 0.717) is 12.6 Å². The third-order valence-corrected chi connectivity index (χ3v) is 4.98. The Balaban J connectivity index is 0.00000300. The number of benzene rings is 1. The summed E-state index contributed by atoms with van der Waals surface area (Å²) in [4.78, 5) is 6.94. The number of rotatable bonds is 7. The molecule has 160 valence electrons. The van der Waals surface area contributed by atoms with Gasteiger partial charge in [-0.25, -0.2) is 4.39 Å². The molecule has 0 saturated carbocycles. The van der Waals surface area contributed by atoms with Gasteiger partial charge in [-0.15, -0.1) is 34.2 Å². The molecule has 0 radical (unpaired) electrons. The Morgan fingerprint density at radius 1 is 1.28 bits per heavy atom. The van der Waals surface area contributed by atoms with E-state index in [2.05, 4.69) is 39.6 Å². The minimum absolute atomic E-state index is 0. The van der Waals surface area contributed by atoms with Crippen molar-refractivity contribution in [3.05, 3.63) is 42.2 Å². The molecule has 1 aromatic heterocycles. The summed E-state index contributed by atoms with van der Waals surface area (Å²) < 4.78 is 15.5. The van der Waals surface area contributed by atoms with E-state index < -0.39 is 0 Å². The van der Waals surface area contributed by atoms with Crippen molar-refractivity contribution in [3.8, 4) is 0 Å². The fourth-order valence-corrected chi connectivity index (χ4v) is 3.48. The van der Waals surface area contributed by atoms with Crippen LogP contribution < -0.4 is 15.5 Å². The van der Waals surface area contributed by atoms with Crippen LogP contribution in [0.15, 0.2) is 35.6 Å². The third kappa shape index (κ3) is 6.83. The van der Waals surface area contributed by atoms with Crippen molar-refractivity contribution in [3.63, 3.8) is 0 Å². The number of hydrogen-bond acceptors (Lipinski definition) is 4. The maximum Gasteiger partial charge on any atom is 0.191 e. The molecular formula is C20H31FIN7. The van der Waals surface area contributed by atoms with Gasteiger partial charge in [-0.05, 0) is 38.0 Å². The molecule has 0 spiro atoms. The summed E-state index contributed by atoms with van der Waals surface area (Å²) in [5.74, 6) is 1.65. The quantitative estimate of drug-likeness (QED) is 0.337. The molecule has 2 N–H and O–H groups in total. The first-order valence-electron chi connectivity index (χ1n) is 10.1. The van der Waals surface area contributed by atoms with E-state index in [4.69, 9.17) is 4.99 Å². The van der Waals surface area contributed by atoms with Crippen molar-refractivity contribution >= 4 is 35.6 Å². The lowest BCUT2D eigenvalue weighted by Crippen LogP contribution is -2.48. The van der Waals surface area contributed by atoms with Crippen molar-refractivity contribution < 1.29 is 4.39 Å². The molecule has 1 aliphatic heterocycles. The number of piperidine rings is 1. The average Bonchev–Trinajstić information content (AvgIpc) is 3.16. The van der Waals surface area contributed by atoms with Crippen LogP contribution in [0.4, 0.5) is 10.1 Å². The second-order valence-electron chi connectivity index (χ2n) is 6.94. The smallest absolute Gasteiger partial charge is 0.191 e. The Kier molecular flexibility index (Phi) is 9.62. The van der Waals surface area contributed by atoms with Gasteiger partial charge in [-0.3, -0.25) is 4.99 Å². The van der Waals surface area contributed by atoms with E-state index in [0.717, 1.165) is 62.9 Å². The highest BCUT2D eigenvalue weighted by molar-refractivity contribution is 14.0. The molecule has 1 fully saturated rings. The van der Waals surface area contributed by atoms with Crippen LogP contribution >= 0.6 is 24.0 Å². The summed E-state index contributed by atoms with van der Waals surface area (Å²) in [5, 5.41) is 14.9. The molecule has 29 heavy (non-hydrogen) atoms. The molecule has 1 aliphatic rings. The maximum atomic E-state index is 13.5. The molecule has 0 aliphatic carbocycles. The Bertz CT molecular complexity index is 772. The standard InChI is InChI=1S/C20H30FN7.HI/c1-3-19-26-24-15-28(19)13-10-23-20(22-4-2)25-17-8-11-27(12-9-17)18-7-5-6-16(21)14-18;/h5-7,14-15,17H,3-4,8-13H2,1-2H3,(H2,22,23,25);1H. The molecule has 0 bridgehead atoms. The highest BCUT2D eigenvalue weighted by Crippen LogP contribution is 2.20. The van der Waals surface area contributed by atoms with Crippen LogP contribution in [0.2, 0.25) is 0 Å². The van der Waals surface area contributed by atoms with Crippen molar-refractivity contribution in [2.45, 2.75) is 45.7 Å². The number of aryl methyl sites for hydroxylation is 1. The Hall–Kier alpha value is -1.91. The summed E-state index contributed by atoms with van der Waals surface area (Å²) in [6.07, 6.45) is 4.61. The number of guanidine groups is 1. The van der Waals surface area contributed by atoms with E-state index in [1.165, 1.54) is 6.07 Å². The molecule has 9 heteroatoms. The number of nitrogens with zero attached hydrogens (tertiary/aromatic N) is 5. The zero-order chi connectivity index (χ0) is 19.8. The van der Waals surface area contributed by atoms with Crippen molar-refractivity contribution in [1.29, 1.82) is 0 Å². The monoisotopic (exact) mass is 515 g/mol. The Morgan fingerprint density at radius 2 is 2.07 bits per heavy atom. The molecule has 2 heterocycles. The normalized spacial score (nSPS) is 15.1. The summed E-state index contributed by atoms with van der Waals surface area (Å²) in [5.41, 5.74) is 0.958. The first-order chi connectivity index (χ1) is 13.7. The van der Waals surface area contributed by atoms with Gasteiger partial charge in [-0.2, -0.15) is 0 Å². The van der Waals surface area contributed by atoms with Gasteiger partial charge in [0.05, 0.1) is 6.54 Å². The molecule has 1 aromatic carbocycles. The SMILES string of the molecule is CCNC(=NCCn1cnnc1CC)NC1CCN(c2cccc(F)c2)CC1.I. The zero-order valence-electron chi connectivity index (χ0n) is 17.1. The van der Waals surface area contributed by atoms with Gasteiger partial charge in [0.15, 0.2) is 5.96 Å². The fourth-order valence-electron chi connectivity index (χ4n) is 3.48. The topological polar surface area (TPSA) is 70.4 Å². The van der Waals surface area contributed by atoms with E-state index >= 15 is 0 Å². The lowest BCUT2D eigenvalue weighted by molar-refractivity contribution is 0.461. The molecule has 0 unspecified atom stereocenters. The number of aliphatic imine (C=N–C) groups is 1. The fraction of sp³-hybridized carbons (Fsp3) is 0.550. The molecule has 7 nitrogen and oxygen atoms in total. The van der Waals surface area contributed by atoms with E-state index in [1.54, 1.807) is 18.5 Å². The molecule has 0 amide bonds. The predicted octanol–water partition coefficient (Wildman–Crippen LogP) is 2.82. The first-order valence-corrected chi connectivity index (χ1v) is 10.1. The minimum atomic E-state index is -0.182. The highest BCUT2D eigenvalue weighted by atomic mass is 127. The lowest BCUT2D eigenvalue weighted by Gasteiger charge is -2.34.